The molecule has 1 fully saturated rings. The van der Waals surface area contributed by atoms with Crippen LogP contribution in [0.1, 0.15) is 5.56 Å². The second-order valence-electron chi connectivity index (χ2n) is 5.32. The number of rotatable bonds is 5. The maximum atomic E-state index is 12.2. The van der Waals surface area contributed by atoms with E-state index in [4.69, 9.17) is 26.3 Å². The van der Waals surface area contributed by atoms with Crippen molar-refractivity contribution in [3.05, 3.63) is 58.0 Å². The molecule has 3 rings (SSSR count). The normalized spacial score (nSPS) is 16.3. The summed E-state index contributed by atoms with van der Waals surface area (Å²) in [5.41, 5.74) is 1.46. The maximum Gasteiger partial charge on any atom is 0.264 e. The molecule has 6 nitrogen and oxygen atoms in total. The van der Waals surface area contributed by atoms with Crippen LogP contribution in [-0.2, 0) is 4.79 Å². The van der Waals surface area contributed by atoms with Crippen LogP contribution >= 0.6 is 23.4 Å². The molecule has 2 aromatic carbocycles. The summed E-state index contributed by atoms with van der Waals surface area (Å²) >= 11 is 7.11. The third-order valence-corrected chi connectivity index (χ3v) is 4.65. The summed E-state index contributed by atoms with van der Waals surface area (Å²) in [7, 11) is 1.51. The second kappa shape index (κ2) is 8.62. The fraction of sp³-hybridized carbons (Fsp3) is 0.105. The lowest BCUT2D eigenvalue weighted by atomic mass is 10.2. The zero-order valence-electron chi connectivity index (χ0n) is 14.2. The summed E-state index contributed by atoms with van der Waals surface area (Å²) in [4.78, 5) is 17.1. The molecule has 0 saturated carbocycles. The molecule has 0 aromatic heterocycles. The smallest absolute Gasteiger partial charge is 0.264 e. The SMILES string of the molecule is COc1cc(C=C2SC(=Nc3ccc(Cl)cc3)NC2=O)ccc1OCC#N. The molecule has 1 saturated heterocycles. The van der Waals surface area contributed by atoms with Crippen LogP contribution in [0.4, 0.5) is 5.69 Å². The largest absolute Gasteiger partial charge is 0.493 e. The number of halogens is 1. The van der Waals surface area contributed by atoms with Crippen molar-refractivity contribution < 1.29 is 14.3 Å². The molecule has 0 unspecified atom stereocenters. The van der Waals surface area contributed by atoms with Gasteiger partial charge < -0.3 is 14.8 Å². The average molecular weight is 400 g/mol. The standard InChI is InChI=1S/C19H14ClN3O3S/c1-25-16-10-12(2-7-15(16)26-9-8-21)11-17-18(24)23-19(27-17)22-14-5-3-13(20)4-6-14/h2-7,10-11H,9H2,1H3,(H,22,23,24). The number of nitrogens with one attached hydrogen (secondary N) is 1. The van der Waals surface area contributed by atoms with Gasteiger partial charge in [0.25, 0.3) is 5.91 Å². The van der Waals surface area contributed by atoms with Gasteiger partial charge in [-0.15, -0.1) is 0 Å². The molecule has 1 aliphatic heterocycles. The Hall–Kier alpha value is -2.95. The molecule has 27 heavy (non-hydrogen) atoms. The van der Waals surface area contributed by atoms with E-state index in [1.54, 1.807) is 48.5 Å². The Morgan fingerprint density at radius 1 is 1.26 bits per heavy atom. The number of carbonyl (C=O) groups excluding carboxylic acids is 1. The molecule has 8 heteroatoms. The number of nitriles is 1. The first-order chi connectivity index (χ1) is 13.1. The fourth-order valence-electron chi connectivity index (χ4n) is 2.27. The molecule has 0 aliphatic carbocycles. The highest BCUT2D eigenvalue weighted by molar-refractivity contribution is 8.18. The lowest BCUT2D eigenvalue weighted by Crippen LogP contribution is -2.19. The zero-order valence-corrected chi connectivity index (χ0v) is 15.8. The molecule has 0 radical (unpaired) electrons. The predicted octanol–water partition coefficient (Wildman–Crippen LogP) is 4.14. The predicted molar refractivity (Wildman–Crippen MR) is 106 cm³/mol. The van der Waals surface area contributed by atoms with Gasteiger partial charge in [0.15, 0.2) is 23.3 Å². The van der Waals surface area contributed by atoms with E-state index >= 15 is 0 Å². The number of thioether (sulfide) groups is 1. The third-order valence-electron chi connectivity index (χ3n) is 3.49. The number of aliphatic imine (C=N–C) groups is 1. The topological polar surface area (TPSA) is 83.7 Å². The van der Waals surface area contributed by atoms with Crippen LogP contribution in [0.2, 0.25) is 5.02 Å². The Labute approximate surface area is 165 Å². The van der Waals surface area contributed by atoms with Gasteiger partial charge in [-0.25, -0.2) is 4.99 Å². The van der Waals surface area contributed by atoms with Crippen LogP contribution in [-0.4, -0.2) is 24.8 Å². The van der Waals surface area contributed by atoms with E-state index in [9.17, 15) is 4.79 Å². The molecule has 1 N–H and O–H groups in total. The number of amides is 1. The molecule has 1 amide bonds. The van der Waals surface area contributed by atoms with E-state index in [2.05, 4.69) is 10.3 Å². The van der Waals surface area contributed by atoms with Gasteiger partial charge in [-0.05, 0) is 59.8 Å². The van der Waals surface area contributed by atoms with Crippen LogP contribution in [0.25, 0.3) is 6.08 Å². The van der Waals surface area contributed by atoms with E-state index in [0.29, 0.717) is 32.3 Å². The van der Waals surface area contributed by atoms with Gasteiger partial charge in [0, 0.05) is 5.02 Å². The molecule has 0 spiro atoms. The van der Waals surface area contributed by atoms with Crippen LogP contribution in [0, 0.1) is 11.3 Å². The van der Waals surface area contributed by atoms with Crippen molar-refractivity contribution in [3.8, 4) is 17.6 Å². The highest BCUT2D eigenvalue weighted by Gasteiger charge is 2.24. The maximum absolute atomic E-state index is 12.2. The highest BCUT2D eigenvalue weighted by Crippen LogP contribution is 2.32. The van der Waals surface area contributed by atoms with Crippen LogP contribution in [0.5, 0.6) is 11.5 Å². The molecule has 0 bridgehead atoms. The van der Waals surface area contributed by atoms with Crippen LogP contribution in [0.3, 0.4) is 0 Å². The van der Waals surface area contributed by atoms with Gasteiger partial charge in [-0.3, -0.25) is 4.79 Å². The van der Waals surface area contributed by atoms with Gasteiger partial charge in [0.05, 0.1) is 17.7 Å². The molecule has 136 valence electrons. The number of hydrogen-bond donors (Lipinski definition) is 1. The Bertz CT molecular complexity index is 965. The second-order valence-corrected chi connectivity index (χ2v) is 6.78. The number of benzene rings is 2. The van der Waals surface area contributed by atoms with E-state index in [1.807, 2.05) is 6.07 Å². The number of hydrogen-bond acceptors (Lipinski definition) is 6. The number of amidine groups is 1. The summed E-state index contributed by atoms with van der Waals surface area (Å²) in [5.74, 6) is 0.726. The Morgan fingerprint density at radius 3 is 2.74 bits per heavy atom. The van der Waals surface area contributed by atoms with Crippen molar-refractivity contribution in [1.82, 2.24) is 5.32 Å². The fourth-order valence-corrected chi connectivity index (χ4v) is 3.24. The monoisotopic (exact) mass is 399 g/mol. The van der Waals surface area contributed by atoms with Crippen molar-refractivity contribution in [2.45, 2.75) is 0 Å². The van der Waals surface area contributed by atoms with E-state index in [-0.39, 0.29) is 12.5 Å². The lowest BCUT2D eigenvalue weighted by Gasteiger charge is -2.08. The molecule has 0 atom stereocenters. The summed E-state index contributed by atoms with van der Waals surface area (Å²) in [6, 6.07) is 14.1. The quantitative estimate of drug-likeness (QED) is 0.764. The number of methoxy groups -OCH3 is 1. The van der Waals surface area contributed by atoms with Gasteiger partial charge in [0.2, 0.25) is 0 Å². The Balaban J connectivity index is 1.80. The molecular weight excluding hydrogens is 386 g/mol. The van der Waals surface area contributed by atoms with E-state index in [0.717, 1.165) is 5.56 Å². The Morgan fingerprint density at radius 2 is 2.04 bits per heavy atom. The first kappa shape index (κ1) is 18.8. The van der Waals surface area contributed by atoms with Crippen molar-refractivity contribution in [3.63, 3.8) is 0 Å². The van der Waals surface area contributed by atoms with Crippen molar-refractivity contribution >= 4 is 46.2 Å². The number of carbonyl (C=O) groups is 1. The minimum absolute atomic E-state index is 0.0699. The number of nitrogens with zero attached hydrogens (tertiary/aromatic N) is 2. The van der Waals surface area contributed by atoms with E-state index in [1.165, 1.54) is 18.9 Å². The number of ether oxygens (including phenoxy) is 2. The highest BCUT2D eigenvalue weighted by atomic mass is 35.5. The first-order valence-corrected chi connectivity index (χ1v) is 9.01. The molecular formula is C19H14ClN3O3S. The summed E-state index contributed by atoms with van der Waals surface area (Å²) < 4.78 is 10.6. The summed E-state index contributed by atoms with van der Waals surface area (Å²) in [6.07, 6.45) is 1.74. The molecule has 1 heterocycles. The van der Waals surface area contributed by atoms with E-state index < -0.39 is 0 Å². The third kappa shape index (κ3) is 4.82. The van der Waals surface area contributed by atoms with Gasteiger partial charge >= 0.3 is 0 Å². The average Bonchev–Trinajstić information content (AvgIpc) is 3.01. The van der Waals surface area contributed by atoms with Crippen LogP contribution in [0.15, 0.2) is 52.4 Å². The minimum Gasteiger partial charge on any atom is -0.493 e. The Kier molecular flexibility index (Phi) is 6.01. The lowest BCUT2D eigenvalue weighted by molar-refractivity contribution is -0.115. The first-order valence-electron chi connectivity index (χ1n) is 7.82. The van der Waals surface area contributed by atoms with Gasteiger partial charge in [-0.1, -0.05) is 17.7 Å². The van der Waals surface area contributed by atoms with Crippen molar-refractivity contribution in [2.24, 2.45) is 4.99 Å². The van der Waals surface area contributed by atoms with Crippen molar-refractivity contribution in [2.75, 3.05) is 13.7 Å². The van der Waals surface area contributed by atoms with Gasteiger partial charge in [0.1, 0.15) is 6.07 Å². The van der Waals surface area contributed by atoms with Crippen molar-refractivity contribution in [1.29, 1.82) is 5.26 Å². The van der Waals surface area contributed by atoms with Crippen LogP contribution < -0.4 is 14.8 Å². The summed E-state index contributed by atoms with van der Waals surface area (Å²) in [5, 5.41) is 12.5. The summed E-state index contributed by atoms with van der Waals surface area (Å²) in [6.45, 7) is -0.0699. The molecule has 1 aliphatic rings. The zero-order chi connectivity index (χ0) is 19.2. The molecule has 2 aromatic rings. The van der Waals surface area contributed by atoms with Gasteiger partial charge in [-0.2, -0.15) is 5.26 Å². The minimum atomic E-state index is -0.225.